The molecule has 0 fully saturated rings. The van der Waals surface area contributed by atoms with Crippen LogP contribution in [0.4, 0.5) is 13.2 Å². The molecule has 0 saturated carbocycles. The van der Waals surface area contributed by atoms with Crippen LogP contribution in [-0.2, 0) is 17.6 Å². The fraction of sp³-hybridized carbons (Fsp3) is 0.296. The lowest BCUT2D eigenvalue weighted by Gasteiger charge is -2.19. The minimum atomic E-state index is -3.21. The molecule has 4 rings (SSSR count). The van der Waals surface area contributed by atoms with Gasteiger partial charge in [0.1, 0.15) is 28.7 Å². The van der Waals surface area contributed by atoms with Crippen molar-refractivity contribution in [2.75, 3.05) is 6.61 Å². The number of halogens is 3. The number of aromatic nitrogens is 3. The quantitative estimate of drug-likeness (QED) is 0.284. The molecule has 0 aliphatic carbocycles. The third kappa shape index (κ3) is 5.52. The molecule has 0 unspecified atom stereocenters. The zero-order chi connectivity index (χ0) is 26.7. The van der Waals surface area contributed by atoms with E-state index < -0.39 is 25.0 Å². The Kier molecular flexibility index (Phi) is 7.66. The first kappa shape index (κ1) is 26.0. The lowest BCUT2D eigenvalue weighted by atomic mass is 9.98. The minimum absolute atomic E-state index is 0.109. The molecule has 10 heteroatoms. The van der Waals surface area contributed by atoms with Crippen LogP contribution in [0.1, 0.15) is 49.3 Å². The highest BCUT2D eigenvalue weighted by Crippen LogP contribution is 2.40. The summed E-state index contributed by atoms with van der Waals surface area (Å²) in [5.74, 6) is -1.30. The Hall–Kier alpha value is -4.08. The summed E-state index contributed by atoms with van der Waals surface area (Å²) in [4.78, 5) is 19.8. The van der Waals surface area contributed by atoms with Crippen LogP contribution >= 0.6 is 0 Å². The number of rotatable bonds is 10. The molecule has 0 atom stereocenters. The number of carboxylic acids is 1. The van der Waals surface area contributed by atoms with Crippen LogP contribution in [0.15, 0.2) is 48.8 Å². The predicted molar refractivity (Wildman–Crippen MR) is 131 cm³/mol. The largest absolute Gasteiger partial charge is 0.481 e. The van der Waals surface area contributed by atoms with Gasteiger partial charge in [-0.05, 0) is 36.2 Å². The summed E-state index contributed by atoms with van der Waals surface area (Å²) in [7, 11) is 0. The number of benzene rings is 2. The number of imidazole rings is 1. The second kappa shape index (κ2) is 10.9. The predicted octanol–water partition coefficient (Wildman–Crippen LogP) is 5.90. The first-order valence-corrected chi connectivity index (χ1v) is 11.8. The van der Waals surface area contributed by atoms with E-state index in [2.05, 4.69) is 9.97 Å². The second-order valence-corrected chi connectivity index (χ2v) is 8.70. The van der Waals surface area contributed by atoms with Gasteiger partial charge < -0.3 is 19.1 Å². The van der Waals surface area contributed by atoms with Crippen molar-refractivity contribution in [2.45, 2.75) is 46.1 Å². The van der Waals surface area contributed by atoms with Gasteiger partial charge in [-0.15, -0.1) is 0 Å². The van der Waals surface area contributed by atoms with E-state index in [0.717, 1.165) is 23.1 Å². The van der Waals surface area contributed by atoms with E-state index in [4.69, 9.17) is 14.6 Å². The summed E-state index contributed by atoms with van der Waals surface area (Å²) in [6.07, 6.45) is 4.10. The van der Waals surface area contributed by atoms with Crippen LogP contribution in [0, 0.1) is 5.82 Å². The van der Waals surface area contributed by atoms with Crippen molar-refractivity contribution in [3.63, 3.8) is 0 Å². The van der Waals surface area contributed by atoms with Crippen LogP contribution in [0.3, 0.4) is 0 Å². The maximum atomic E-state index is 14.7. The fourth-order valence-corrected chi connectivity index (χ4v) is 4.25. The summed E-state index contributed by atoms with van der Waals surface area (Å²) in [5.41, 5.74) is 2.19. The molecular formula is C27H26F3N3O4. The van der Waals surface area contributed by atoms with Gasteiger partial charge in [0.15, 0.2) is 6.61 Å². The summed E-state index contributed by atoms with van der Waals surface area (Å²) >= 11 is 0. The van der Waals surface area contributed by atoms with Crippen molar-refractivity contribution >= 4 is 16.9 Å². The molecule has 0 radical (unpaired) electrons. The number of aliphatic carboxylic acids is 1. The summed E-state index contributed by atoms with van der Waals surface area (Å²) in [5, 5.41) is 8.88. The van der Waals surface area contributed by atoms with E-state index in [-0.39, 0.29) is 34.7 Å². The van der Waals surface area contributed by atoms with Crippen molar-refractivity contribution < 1.29 is 32.5 Å². The Morgan fingerprint density at radius 1 is 1.14 bits per heavy atom. The Bertz CT molecular complexity index is 1420. The number of aryl methyl sites for hydroxylation is 1. The molecule has 0 aliphatic heterocycles. The van der Waals surface area contributed by atoms with Crippen molar-refractivity contribution in [2.24, 2.45) is 0 Å². The molecule has 0 aliphatic rings. The standard InChI is InChI=1S/C27H26F3N3O4/c1-4-20-18(13-16-5-7-17(8-6-16)33-12-11-31-26(33)15(2)3)25(37-27(29)30)23-21(36-14-22(34)35)10-9-19(28)24(23)32-20/h5-12,15,27H,4,13-14H2,1-3H3,(H,34,35). The van der Waals surface area contributed by atoms with Gasteiger partial charge in [0, 0.05) is 41.7 Å². The highest BCUT2D eigenvalue weighted by atomic mass is 19.3. The third-order valence-corrected chi connectivity index (χ3v) is 5.86. The second-order valence-electron chi connectivity index (χ2n) is 8.70. The van der Waals surface area contributed by atoms with Gasteiger partial charge in [-0.2, -0.15) is 8.78 Å². The zero-order valence-electron chi connectivity index (χ0n) is 20.5. The van der Waals surface area contributed by atoms with E-state index in [1.807, 2.05) is 48.9 Å². The van der Waals surface area contributed by atoms with Gasteiger partial charge in [-0.1, -0.05) is 32.9 Å². The fourth-order valence-electron chi connectivity index (χ4n) is 4.25. The van der Waals surface area contributed by atoms with Gasteiger partial charge >= 0.3 is 12.6 Å². The Morgan fingerprint density at radius 3 is 2.49 bits per heavy atom. The maximum Gasteiger partial charge on any atom is 0.387 e. The Labute approximate surface area is 211 Å². The van der Waals surface area contributed by atoms with E-state index in [1.54, 1.807) is 13.1 Å². The Morgan fingerprint density at radius 2 is 1.86 bits per heavy atom. The topological polar surface area (TPSA) is 86.5 Å². The van der Waals surface area contributed by atoms with Gasteiger partial charge in [-0.3, -0.25) is 0 Å². The molecule has 2 heterocycles. The smallest absolute Gasteiger partial charge is 0.387 e. The van der Waals surface area contributed by atoms with Crippen LogP contribution in [0.2, 0.25) is 0 Å². The molecule has 2 aromatic heterocycles. The molecule has 2 aromatic carbocycles. The maximum absolute atomic E-state index is 14.7. The van der Waals surface area contributed by atoms with Gasteiger partial charge in [0.05, 0.1) is 5.39 Å². The highest BCUT2D eigenvalue weighted by Gasteiger charge is 2.24. The molecule has 0 saturated heterocycles. The minimum Gasteiger partial charge on any atom is -0.481 e. The van der Waals surface area contributed by atoms with Crippen molar-refractivity contribution in [1.82, 2.24) is 14.5 Å². The normalized spacial score (nSPS) is 11.5. The number of carboxylic acid groups (broad SMARTS) is 1. The van der Waals surface area contributed by atoms with Crippen molar-refractivity contribution in [1.29, 1.82) is 0 Å². The number of nitrogens with zero attached hydrogens (tertiary/aromatic N) is 3. The number of hydrogen-bond donors (Lipinski definition) is 1. The lowest BCUT2D eigenvalue weighted by molar-refractivity contribution is -0.139. The average molecular weight is 514 g/mol. The Balaban J connectivity index is 1.82. The molecule has 0 amide bonds. The van der Waals surface area contributed by atoms with Crippen LogP contribution in [-0.4, -0.2) is 38.8 Å². The molecule has 194 valence electrons. The number of hydrogen-bond acceptors (Lipinski definition) is 5. The van der Waals surface area contributed by atoms with Crippen LogP contribution in [0.5, 0.6) is 11.5 Å². The molecule has 4 aromatic rings. The van der Waals surface area contributed by atoms with Crippen molar-refractivity contribution in [3.8, 4) is 17.2 Å². The third-order valence-electron chi connectivity index (χ3n) is 5.86. The lowest BCUT2D eigenvalue weighted by Crippen LogP contribution is -2.13. The summed E-state index contributed by atoms with van der Waals surface area (Å²) in [6.45, 7) is 1.93. The van der Waals surface area contributed by atoms with Gasteiger partial charge in [-0.25, -0.2) is 19.2 Å². The van der Waals surface area contributed by atoms with E-state index >= 15 is 0 Å². The number of ether oxygens (including phenoxy) is 2. The number of carbonyl (C=O) groups is 1. The first-order chi connectivity index (χ1) is 17.7. The molecule has 37 heavy (non-hydrogen) atoms. The zero-order valence-corrected chi connectivity index (χ0v) is 20.5. The average Bonchev–Trinajstić information content (AvgIpc) is 3.35. The van der Waals surface area contributed by atoms with Crippen molar-refractivity contribution in [3.05, 3.63) is 77.3 Å². The number of fused-ring (bicyclic) bond motifs is 1. The SMILES string of the molecule is CCc1nc2c(F)ccc(OCC(=O)O)c2c(OC(F)F)c1Cc1ccc(-n2ccnc2C(C)C)cc1. The van der Waals surface area contributed by atoms with Crippen LogP contribution in [0.25, 0.3) is 16.6 Å². The molecular weight excluding hydrogens is 487 g/mol. The number of pyridine rings is 1. The van der Waals surface area contributed by atoms with E-state index in [9.17, 15) is 18.0 Å². The molecule has 7 nitrogen and oxygen atoms in total. The number of alkyl halides is 2. The summed E-state index contributed by atoms with van der Waals surface area (Å²) < 4.78 is 54.1. The van der Waals surface area contributed by atoms with Crippen LogP contribution < -0.4 is 9.47 Å². The monoisotopic (exact) mass is 513 g/mol. The molecule has 0 bridgehead atoms. The molecule has 1 N–H and O–H groups in total. The van der Waals surface area contributed by atoms with Gasteiger partial charge in [0.25, 0.3) is 0 Å². The van der Waals surface area contributed by atoms with E-state index in [0.29, 0.717) is 17.7 Å². The van der Waals surface area contributed by atoms with Gasteiger partial charge in [0.2, 0.25) is 0 Å². The summed E-state index contributed by atoms with van der Waals surface area (Å²) in [6, 6.07) is 9.76. The first-order valence-electron chi connectivity index (χ1n) is 11.8. The van der Waals surface area contributed by atoms with E-state index in [1.165, 1.54) is 6.07 Å². The highest BCUT2D eigenvalue weighted by molar-refractivity contribution is 5.93. The molecule has 0 spiro atoms.